The molecule has 0 aromatic heterocycles. The van der Waals surface area contributed by atoms with E-state index in [0.29, 0.717) is 13.1 Å². The molecule has 1 fully saturated rings. The maximum atomic E-state index is 10.2. The third-order valence-corrected chi connectivity index (χ3v) is 4.11. The van der Waals surface area contributed by atoms with Gasteiger partial charge in [-0.2, -0.15) is 0 Å². The lowest BCUT2D eigenvalue weighted by Gasteiger charge is -2.42. The molecule has 12 heteroatoms. The van der Waals surface area contributed by atoms with Crippen molar-refractivity contribution in [3.63, 3.8) is 0 Å². The van der Waals surface area contributed by atoms with Gasteiger partial charge in [0.1, 0.15) is 42.7 Å². The molecule has 26 heavy (non-hydrogen) atoms. The van der Waals surface area contributed by atoms with Gasteiger partial charge in [-0.25, -0.2) is 0 Å². The number of ether oxygens (including phenoxy) is 2. The Balaban J connectivity index is 2.82. The third kappa shape index (κ3) is 6.02. The third-order valence-electron chi connectivity index (χ3n) is 4.11. The van der Waals surface area contributed by atoms with Crippen molar-refractivity contribution in [2.45, 2.75) is 55.1 Å². The summed E-state index contributed by atoms with van der Waals surface area (Å²) in [7, 11) is 0. The minimum atomic E-state index is -1.76. The number of rotatable bonds is 11. The van der Waals surface area contributed by atoms with E-state index < -0.39 is 68.3 Å². The van der Waals surface area contributed by atoms with Gasteiger partial charge in [0.25, 0.3) is 0 Å². The van der Waals surface area contributed by atoms with Crippen LogP contribution in [0.4, 0.5) is 0 Å². The summed E-state index contributed by atoms with van der Waals surface area (Å²) in [5.41, 5.74) is 5.30. The zero-order valence-corrected chi connectivity index (χ0v) is 14.2. The molecule has 1 aliphatic heterocycles. The summed E-state index contributed by atoms with van der Waals surface area (Å²) in [4.78, 5) is 0. The zero-order valence-electron chi connectivity index (χ0n) is 14.2. The van der Waals surface area contributed by atoms with Crippen LogP contribution in [0, 0.1) is 0 Å². The van der Waals surface area contributed by atoms with Gasteiger partial charge in [0.05, 0.1) is 19.3 Å². The van der Waals surface area contributed by atoms with Crippen LogP contribution in [0.3, 0.4) is 0 Å². The Morgan fingerprint density at radius 2 is 1.65 bits per heavy atom. The molecule has 9 unspecified atom stereocenters. The van der Waals surface area contributed by atoms with E-state index in [1.54, 1.807) is 0 Å². The zero-order chi connectivity index (χ0) is 19.9. The summed E-state index contributed by atoms with van der Waals surface area (Å²) in [5.74, 6) is 0. The summed E-state index contributed by atoms with van der Waals surface area (Å²) in [6.07, 6.45) is -14.3. The van der Waals surface area contributed by atoms with Crippen molar-refractivity contribution < 1.29 is 50.3 Å². The SMILES string of the molecule is NCCNCC(O)C(O)C(OC1OC(CO)C(O)C(O)C1O)C(O)CO. The molecule has 9 atom stereocenters. The van der Waals surface area contributed by atoms with Crippen LogP contribution in [0.1, 0.15) is 0 Å². The lowest BCUT2D eigenvalue weighted by molar-refractivity contribution is -0.327. The largest absolute Gasteiger partial charge is 0.394 e. The topological polar surface area (TPSA) is 218 Å². The second kappa shape index (κ2) is 11.4. The van der Waals surface area contributed by atoms with Crippen LogP contribution >= 0.6 is 0 Å². The summed E-state index contributed by atoms with van der Waals surface area (Å²) in [6, 6.07) is 0. The van der Waals surface area contributed by atoms with E-state index in [2.05, 4.69) is 5.32 Å². The quantitative estimate of drug-likeness (QED) is 0.150. The highest BCUT2D eigenvalue weighted by Gasteiger charge is 2.46. The van der Waals surface area contributed by atoms with Crippen LogP contribution in [0.2, 0.25) is 0 Å². The first kappa shape index (κ1) is 23.6. The molecule has 11 N–H and O–H groups in total. The number of hydrogen-bond acceptors (Lipinski definition) is 12. The van der Waals surface area contributed by atoms with E-state index in [4.69, 9.17) is 25.4 Å². The first-order valence-corrected chi connectivity index (χ1v) is 8.30. The van der Waals surface area contributed by atoms with E-state index in [0.717, 1.165) is 0 Å². The highest BCUT2D eigenvalue weighted by Crippen LogP contribution is 2.24. The van der Waals surface area contributed by atoms with Crippen LogP contribution in [0.25, 0.3) is 0 Å². The fraction of sp³-hybridized carbons (Fsp3) is 1.00. The lowest BCUT2D eigenvalue weighted by atomic mass is 9.98. The summed E-state index contributed by atoms with van der Waals surface area (Å²) >= 11 is 0. The molecule has 0 aromatic carbocycles. The van der Waals surface area contributed by atoms with Gasteiger partial charge in [-0.05, 0) is 0 Å². The van der Waals surface area contributed by atoms with Crippen LogP contribution < -0.4 is 11.1 Å². The smallest absolute Gasteiger partial charge is 0.187 e. The Bertz CT molecular complexity index is 391. The highest BCUT2D eigenvalue weighted by molar-refractivity contribution is 4.91. The predicted octanol–water partition coefficient (Wildman–Crippen LogP) is -6.21. The van der Waals surface area contributed by atoms with E-state index in [-0.39, 0.29) is 6.54 Å². The van der Waals surface area contributed by atoms with Gasteiger partial charge in [-0.1, -0.05) is 0 Å². The first-order chi connectivity index (χ1) is 12.3. The number of aliphatic hydroxyl groups excluding tert-OH is 8. The molecule has 0 bridgehead atoms. The molecule has 12 nitrogen and oxygen atoms in total. The molecular formula is C14H30N2O10. The molecule has 1 saturated heterocycles. The van der Waals surface area contributed by atoms with Crippen molar-refractivity contribution in [1.29, 1.82) is 0 Å². The van der Waals surface area contributed by atoms with Crippen molar-refractivity contribution in [3.8, 4) is 0 Å². The molecule has 0 spiro atoms. The Morgan fingerprint density at radius 1 is 1.00 bits per heavy atom. The molecular weight excluding hydrogens is 356 g/mol. The van der Waals surface area contributed by atoms with Crippen molar-refractivity contribution in [1.82, 2.24) is 5.32 Å². The van der Waals surface area contributed by atoms with Crippen molar-refractivity contribution in [2.24, 2.45) is 5.73 Å². The molecule has 0 amide bonds. The van der Waals surface area contributed by atoms with E-state index in [9.17, 15) is 30.6 Å². The molecule has 1 aliphatic rings. The van der Waals surface area contributed by atoms with Crippen molar-refractivity contribution >= 4 is 0 Å². The minimum absolute atomic E-state index is 0.0922. The Labute approximate surface area is 150 Å². The van der Waals surface area contributed by atoms with E-state index >= 15 is 0 Å². The molecule has 0 aromatic rings. The maximum absolute atomic E-state index is 10.2. The number of aliphatic hydroxyl groups is 8. The van der Waals surface area contributed by atoms with Crippen molar-refractivity contribution in [3.05, 3.63) is 0 Å². The molecule has 1 heterocycles. The van der Waals surface area contributed by atoms with Crippen LogP contribution in [-0.2, 0) is 9.47 Å². The summed E-state index contributed by atoms with van der Waals surface area (Å²) < 4.78 is 10.4. The Hall–Kier alpha value is -0.480. The minimum Gasteiger partial charge on any atom is -0.394 e. The highest BCUT2D eigenvalue weighted by atomic mass is 16.7. The van der Waals surface area contributed by atoms with Gasteiger partial charge in [-0.3, -0.25) is 0 Å². The molecule has 1 rings (SSSR count). The predicted molar refractivity (Wildman–Crippen MR) is 85.7 cm³/mol. The molecule has 0 aliphatic carbocycles. The second-order valence-corrected chi connectivity index (χ2v) is 6.10. The lowest BCUT2D eigenvalue weighted by Crippen LogP contribution is -2.61. The van der Waals surface area contributed by atoms with Gasteiger partial charge < -0.3 is 61.4 Å². The Morgan fingerprint density at radius 3 is 2.19 bits per heavy atom. The van der Waals surface area contributed by atoms with Gasteiger partial charge in [-0.15, -0.1) is 0 Å². The molecule has 0 radical (unpaired) electrons. The van der Waals surface area contributed by atoms with Crippen LogP contribution in [0.15, 0.2) is 0 Å². The summed E-state index contributed by atoms with van der Waals surface area (Å²) in [5, 5.41) is 80.6. The molecule has 156 valence electrons. The van der Waals surface area contributed by atoms with Gasteiger partial charge >= 0.3 is 0 Å². The standard InChI is InChI=1S/C14H30N2O10/c15-1-2-16-3-6(19)9(21)13(7(20)4-17)26-14-12(24)11(23)10(22)8(5-18)25-14/h6-14,16-24H,1-5,15H2. The van der Waals surface area contributed by atoms with E-state index in [1.807, 2.05) is 0 Å². The van der Waals surface area contributed by atoms with Crippen molar-refractivity contribution in [2.75, 3.05) is 32.8 Å². The van der Waals surface area contributed by atoms with Crippen LogP contribution in [0.5, 0.6) is 0 Å². The fourth-order valence-electron chi connectivity index (χ4n) is 2.53. The van der Waals surface area contributed by atoms with Crippen LogP contribution in [-0.4, -0.2) is 129 Å². The number of hydrogen-bond donors (Lipinski definition) is 10. The van der Waals surface area contributed by atoms with Gasteiger partial charge in [0.2, 0.25) is 0 Å². The first-order valence-electron chi connectivity index (χ1n) is 8.30. The average Bonchev–Trinajstić information content (AvgIpc) is 2.64. The van der Waals surface area contributed by atoms with Gasteiger partial charge in [0.15, 0.2) is 6.29 Å². The second-order valence-electron chi connectivity index (χ2n) is 6.10. The maximum Gasteiger partial charge on any atom is 0.187 e. The van der Waals surface area contributed by atoms with Gasteiger partial charge in [0, 0.05) is 19.6 Å². The Kier molecular flexibility index (Phi) is 10.3. The monoisotopic (exact) mass is 386 g/mol. The number of nitrogens with two attached hydrogens (primary N) is 1. The fourth-order valence-corrected chi connectivity index (χ4v) is 2.53. The average molecular weight is 386 g/mol. The number of nitrogens with one attached hydrogen (secondary N) is 1. The van der Waals surface area contributed by atoms with E-state index in [1.165, 1.54) is 0 Å². The normalized spacial score (nSPS) is 34.3. The summed E-state index contributed by atoms with van der Waals surface area (Å²) in [6.45, 7) is -0.948. The molecule has 0 saturated carbocycles.